The van der Waals surface area contributed by atoms with Crippen LogP contribution in [0.15, 0.2) is 60.3 Å². The fraction of sp³-hybridized carbons (Fsp3) is 0.0667. The van der Waals surface area contributed by atoms with Crippen LogP contribution in [-0.4, -0.2) is 4.92 Å². The predicted molar refractivity (Wildman–Crippen MR) is 73.6 cm³/mol. The number of hydrogen-bond donors (Lipinski definition) is 0. The summed E-state index contributed by atoms with van der Waals surface area (Å²) in [5, 5.41) is 10.6. The van der Waals surface area contributed by atoms with E-state index in [4.69, 9.17) is 4.74 Å². The van der Waals surface area contributed by atoms with E-state index in [0.717, 1.165) is 11.3 Å². The van der Waals surface area contributed by atoms with Crippen molar-refractivity contribution in [3.05, 3.63) is 76.0 Å². The monoisotopic (exact) mass is 255 g/mol. The molecule has 0 saturated heterocycles. The van der Waals surface area contributed by atoms with Gasteiger partial charge in [-0.3, -0.25) is 10.1 Å². The van der Waals surface area contributed by atoms with Crippen molar-refractivity contribution in [2.24, 2.45) is 0 Å². The second kappa shape index (κ2) is 5.82. The first kappa shape index (κ1) is 12.8. The molecular weight excluding hydrogens is 242 g/mol. The molecule has 2 aromatic carbocycles. The molecule has 0 N–H and O–H groups in total. The van der Waals surface area contributed by atoms with Gasteiger partial charge in [0.25, 0.3) is 0 Å². The largest absolute Gasteiger partial charge is 0.457 e. The van der Waals surface area contributed by atoms with Crippen LogP contribution < -0.4 is 4.74 Å². The average molecular weight is 255 g/mol. The van der Waals surface area contributed by atoms with E-state index in [9.17, 15) is 10.1 Å². The van der Waals surface area contributed by atoms with Crippen molar-refractivity contribution >= 4 is 6.08 Å². The van der Waals surface area contributed by atoms with Gasteiger partial charge in [-0.05, 0) is 29.8 Å². The van der Waals surface area contributed by atoms with Crippen molar-refractivity contribution in [2.75, 3.05) is 0 Å². The van der Waals surface area contributed by atoms with Gasteiger partial charge in [-0.1, -0.05) is 30.3 Å². The summed E-state index contributed by atoms with van der Waals surface area (Å²) >= 11 is 0. The Morgan fingerprint density at radius 3 is 2.47 bits per heavy atom. The molecule has 0 bridgehead atoms. The third kappa shape index (κ3) is 3.67. The van der Waals surface area contributed by atoms with Crippen molar-refractivity contribution in [3.63, 3.8) is 0 Å². The van der Waals surface area contributed by atoms with E-state index in [1.165, 1.54) is 13.0 Å². The highest BCUT2D eigenvalue weighted by atomic mass is 16.6. The summed E-state index contributed by atoms with van der Waals surface area (Å²) in [4.78, 5) is 10.2. The van der Waals surface area contributed by atoms with Crippen molar-refractivity contribution in [3.8, 4) is 11.5 Å². The molecule has 2 aromatic rings. The fourth-order valence-electron chi connectivity index (χ4n) is 1.59. The van der Waals surface area contributed by atoms with Gasteiger partial charge in [0, 0.05) is 13.0 Å². The maximum Gasteiger partial charge on any atom is 0.243 e. The zero-order chi connectivity index (χ0) is 13.7. The van der Waals surface area contributed by atoms with Gasteiger partial charge in [0.2, 0.25) is 5.70 Å². The Kier molecular flexibility index (Phi) is 3.93. The Morgan fingerprint density at radius 2 is 1.79 bits per heavy atom. The molecule has 4 nitrogen and oxygen atoms in total. The second-order valence-corrected chi connectivity index (χ2v) is 4.03. The van der Waals surface area contributed by atoms with Crippen LogP contribution in [0.4, 0.5) is 0 Å². The standard InChI is InChI=1S/C15H13NO3/c1-12(16(17)18)10-13-6-5-9-15(11-13)19-14-7-3-2-4-8-14/h2-11H,1H3. The molecule has 0 atom stereocenters. The third-order valence-corrected chi connectivity index (χ3v) is 2.50. The number of nitro groups is 1. The quantitative estimate of drug-likeness (QED) is 0.610. The molecule has 19 heavy (non-hydrogen) atoms. The van der Waals surface area contributed by atoms with E-state index >= 15 is 0 Å². The van der Waals surface area contributed by atoms with E-state index in [1.807, 2.05) is 36.4 Å². The summed E-state index contributed by atoms with van der Waals surface area (Å²) < 4.78 is 5.66. The fourth-order valence-corrected chi connectivity index (χ4v) is 1.59. The first-order valence-corrected chi connectivity index (χ1v) is 5.81. The van der Waals surface area contributed by atoms with Gasteiger partial charge in [-0.25, -0.2) is 0 Å². The Hall–Kier alpha value is -2.62. The molecular formula is C15H13NO3. The van der Waals surface area contributed by atoms with Crippen molar-refractivity contribution in [1.82, 2.24) is 0 Å². The number of ether oxygens (including phenoxy) is 1. The molecule has 0 amide bonds. The molecule has 96 valence electrons. The smallest absolute Gasteiger partial charge is 0.243 e. The minimum atomic E-state index is -0.412. The van der Waals surface area contributed by atoms with Crippen LogP contribution >= 0.6 is 0 Å². The summed E-state index contributed by atoms with van der Waals surface area (Å²) in [7, 11) is 0. The lowest BCUT2D eigenvalue weighted by atomic mass is 10.2. The van der Waals surface area contributed by atoms with Gasteiger partial charge in [0.15, 0.2) is 0 Å². The van der Waals surface area contributed by atoms with Crippen molar-refractivity contribution in [2.45, 2.75) is 6.92 Å². The molecule has 0 unspecified atom stereocenters. The Labute approximate surface area is 111 Å². The molecule has 0 aliphatic rings. The molecule has 0 heterocycles. The molecule has 0 spiro atoms. The minimum Gasteiger partial charge on any atom is -0.457 e. The molecule has 2 rings (SSSR count). The summed E-state index contributed by atoms with van der Waals surface area (Å²) in [6.07, 6.45) is 1.51. The van der Waals surface area contributed by atoms with E-state index in [1.54, 1.807) is 18.2 Å². The maximum absolute atomic E-state index is 10.6. The molecule has 0 radical (unpaired) electrons. The zero-order valence-corrected chi connectivity index (χ0v) is 10.4. The second-order valence-electron chi connectivity index (χ2n) is 4.03. The molecule has 0 fully saturated rings. The van der Waals surface area contributed by atoms with Gasteiger partial charge in [-0.2, -0.15) is 0 Å². The van der Waals surface area contributed by atoms with Crippen molar-refractivity contribution < 1.29 is 9.66 Å². The molecule has 4 heteroatoms. The molecule has 0 saturated carbocycles. The SMILES string of the molecule is CC(=Cc1cccc(Oc2ccccc2)c1)[N+](=O)[O-]. The van der Waals surface area contributed by atoms with E-state index < -0.39 is 4.92 Å². The first-order valence-electron chi connectivity index (χ1n) is 5.81. The van der Waals surface area contributed by atoms with Gasteiger partial charge in [-0.15, -0.1) is 0 Å². The Bertz CT molecular complexity index is 606. The minimum absolute atomic E-state index is 0.0943. The number of rotatable bonds is 4. The number of benzene rings is 2. The summed E-state index contributed by atoms with van der Waals surface area (Å²) in [6.45, 7) is 1.46. The highest BCUT2D eigenvalue weighted by Gasteiger charge is 2.03. The Morgan fingerprint density at radius 1 is 1.11 bits per heavy atom. The van der Waals surface area contributed by atoms with Crippen LogP contribution in [-0.2, 0) is 0 Å². The van der Waals surface area contributed by atoms with Gasteiger partial charge in [0.1, 0.15) is 11.5 Å². The van der Waals surface area contributed by atoms with Crippen LogP contribution in [0, 0.1) is 10.1 Å². The lowest BCUT2D eigenvalue weighted by molar-refractivity contribution is -0.422. The first-order chi connectivity index (χ1) is 9.15. The summed E-state index contributed by atoms with van der Waals surface area (Å²) in [5.74, 6) is 1.38. The van der Waals surface area contributed by atoms with Crippen LogP contribution in [0.5, 0.6) is 11.5 Å². The molecule has 0 aromatic heterocycles. The van der Waals surface area contributed by atoms with Gasteiger partial charge in [0.05, 0.1) is 4.92 Å². The van der Waals surface area contributed by atoms with Gasteiger partial charge < -0.3 is 4.74 Å². The van der Waals surface area contributed by atoms with Gasteiger partial charge >= 0.3 is 0 Å². The van der Waals surface area contributed by atoms with Crippen LogP contribution in [0.3, 0.4) is 0 Å². The number of nitrogens with zero attached hydrogens (tertiary/aromatic N) is 1. The van der Waals surface area contributed by atoms with Crippen LogP contribution in [0.1, 0.15) is 12.5 Å². The average Bonchev–Trinajstić information content (AvgIpc) is 2.40. The zero-order valence-electron chi connectivity index (χ0n) is 10.4. The normalized spacial score (nSPS) is 11.1. The molecule has 0 aliphatic heterocycles. The predicted octanol–water partition coefficient (Wildman–Crippen LogP) is 4.12. The van der Waals surface area contributed by atoms with E-state index in [2.05, 4.69) is 0 Å². The molecule has 0 aliphatic carbocycles. The number of allylic oxidation sites excluding steroid dienone is 1. The topological polar surface area (TPSA) is 52.4 Å². The Balaban J connectivity index is 2.20. The third-order valence-electron chi connectivity index (χ3n) is 2.50. The summed E-state index contributed by atoms with van der Waals surface area (Å²) in [5.41, 5.74) is 0.833. The number of para-hydroxylation sites is 1. The van der Waals surface area contributed by atoms with Crippen molar-refractivity contribution in [1.29, 1.82) is 0 Å². The number of hydrogen-bond acceptors (Lipinski definition) is 3. The summed E-state index contributed by atoms with van der Waals surface area (Å²) in [6, 6.07) is 16.6. The van der Waals surface area contributed by atoms with E-state index in [0.29, 0.717) is 5.75 Å². The highest BCUT2D eigenvalue weighted by molar-refractivity contribution is 5.53. The lowest BCUT2D eigenvalue weighted by Gasteiger charge is -2.05. The van der Waals surface area contributed by atoms with Crippen LogP contribution in [0.2, 0.25) is 0 Å². The van der Waals surface area contributed by atoms with Crippen LogP contribution in [0.25, 0.3) is 6.08 Å². The maximum atomic E-state index is 10.6. The lowest BCUT2D eigenvalue weighted by Crippen LogP contribution is -1.93. The van der Waals surface area contributed by atoms with E-state index in [-0.39, 0.29) is 5.70 Å². The highest BCUT2D eigenvalue weighted by Crippen LogP contribution is 2.22.